The molecule has 2 atom stereocenters. The summed E-state index contributed by atoms with van der Waals surface area (Å²) in [5, 5.41) is 3.53. The second-order valence-electron chi connectivity index (χ2n) is 6.67. The molecule has 1 aromatic carbocycles. The van der Waals surface area contributed by atoms with Crippen molar-refractivity contribution in [1.82, 2.24) is 0 Å². The minimum absolute atomic E-state index is 0.0163. The summed E-state index contributed by atoms with van der Waals surface area (Å²) in [6.45, 7) is 6.44. The summed E-state index contributed by atoms with van der Waals surface area (Å²) < 4.78 is 11.1. The summed E-state index contributed by atoms with van der Waals surface area (Å²) in [5.74, 6) is 0.467. The molecule has 1 saturated heterocycles. The Labute approximate surface area is 137 Å². The van der Waals surface area contributed by atoms with Gasteiger partial charge in [0.05, 0.1) is 24.1 Å². The quantitative estimate of drug-likeness (QED) is 0.907. The number of rotatable bonds is 5. The Bertz CT molecular complexity index is 541. The number of amides is 1. The maximum absolute atomic E-state index is 12.6. The highest BCUT2D eigenvalue weighted by Crippen LogP contribution is 2.32. The van der Waals surface area contributed by atoms with Gasteiger partial charge in [0.1, 0.15) is 6.61 Å². The molecule has 0 unspecified atom stereocenters. The SMILES string of the molecule is CC(C)[C@@H]1CN(C(=O)COC[C@@H]2CCCO2)c2ccccc2N1. The first-order valence-electron chi connectivity index (χ1n) is 8.50. The summed E-state index contributed by atoms with van der Waals surface area (Å²) in [4.78, 5) is 14.5. The lowest BCUT2D eigenvalue weighted by Crippen LogP contribution is -2.48. The van der Waals surface area contributed by atoms with E-state index in [9.17, 15) is 4.79 Å². The minimum atomic E-state index is 0.0163. The van der Waals surface area contributed by atoms with Gasteiger partial charge in [0, 0.05) is 19.2 Å². The number of fused-ring (bicyclic) bond motifs is 1. The third kappa shape index (κ3) is 3.85. The summed E-state index contributed by atoms with van der Waals surface area (Å²) in [5.41, 5.74) is 1.96. The Morgan fingerprint density at radius 1 is 1.43 bits per heavy atom. The Kier molecular flexibility index (Phi) is 5.18. The lowest BCUT2D eigenvalue weighted by atomic mass is 10.00. The third-order valence-corrected chi connectivity index (χ3v) is 4.57. The predicted octanol–water partition coefficient (Wildman–Crippen LogP) is 2.67. The fourth-order valence-electron chi connectivity index (χ4n) is 3.12. The van der Waals surface area contributed by atoms with Crippen molar-refractivity contribution >= 4 is 17.3 Å². The second kappa shape index (κ2) is 7.32. The molecule has 2 aliphatic rings. The Balaban J connectivity index is 1.63. The van der Waals surface area contributed by atoms with Crippen molar-refractivity contribution < 1.29 is 14.3 Å². The number of ether oxygens (including phenoxy) is 2. The molecule has 23 heavy (non-hydrogen) atoms. The molecule has 2 aliphatic heterocycles. The van der Waals surface area contributed by atoms with E-state index in [0.717, 1.165) is 30.8 Å². The monoisotopic (exact) mass is 318 g/mol. The van der Waals surface area contributed by atoms with Crippen LogP contribution >= 0.6 is 0 Å². The highest BCUT2D eigenvalue weighted by Gasteiger charge is 2.29. The van der Waals surface area contributed by atoms with Gasteiger partial charge in [-0.2, -0.15) is 0 Å². The maximum Gasteiger partial charge on any atom is 0.253 e. The average Bonchev–Trinajstić information content (AvgIpc) is 3.07. The van der Waals surface area contributed by atoms with Crippen molar-refractivity contribution in [3.05, 3.63) is 24.3 Å². The van der Waals surface area contributed by atoms with Crippen LogP contribution in [-0.4, -0.2) is 44.4 Å². The number of nitrogens with zero attached hydrogens (tertiary/aromatic N) is 1. The first-order valence-corrected chi connectivity index (χ1v) is 8.50. The zero-order valence-electron chi connectivity index (χ0n) is 14.0. The molecule has 3 rings (SSSR count). The van der Waals surface area contributed by atoms with Gasteiger partial charge in [-0.3, -0.25) is 4.79 Å². The highest BCUT2D eigenvalue weighted by molar-refractivity contribution is 5.98. The second-order valence-corrected chi connectivity index (χ2v) is 6.67. The van der Waals surface area contributed by atoms with E-state index >= 15 is 0 Å². The highest BCUT2D eigenvalue weighted by atomic mass is 16.5. The van der Waals surface area contributed by atoms with Crippen LogP contribution in [0.15, 0.2) is 24.3 Å². The topological polar surface area (TPSA) is 50.8 Å². The number of nitrogens with one attached hydrogen (secondary N) is 1. The number of hydrogen-bond acceptors (Lipinski definition) is 4. The van der Waals surface area contributed by atoms with Crippen LogP contribution in [-0.2, 0) is 14.3 Å². The summed E-state index contributed by atoms with van der Waals surface area (Å²) in [7, 11) is 0. The van der Waals surface area contributed by atoms with Gasteiger partial charge in [-0.1, -0.05) is 26.0 Å². The molecule has 0 saturated carbocycles. The van der Waals surface area contributed by atoms with E-state index in [1.165, 1.54) is 0 Å². The molecule has 5 heteroatoms. The van der Waals surface area contributed by atoms with Crippen molar-refractivity contribution in [2.24, 2.45) is 5.92 Å². The average molecular weight is 318 g/mol. The summed E-state index contributed by atoms with van der Waals surface area (Å²) in [6.07, 6.45) is 2.27. The minimum Gasteiger partial charge on any atom is -0.379 e. The van der Waals surface area contributed by atoms with Crippen LogP contribution < -0.4 is 10.2 Å². The first kappa shape index (κ1) is 16.3. The van der Waals surface area contributed by atoms with Crippen LogP contribution in [0.4, 0.5) is 11.4 Å². The fourth-order valence-corrected chi connectivity index (χ4v) is 3.12. The molecule has 0 spiro atoms. The molecule has 0 aliphatic carbocycles. The number of carbonyl (C=O) groups excluding carboxylic acids is 1. The van der Waals surface area contributed by atoms with E-state index < -0.39 is 0 Å². The van der Waals surface area contributed by atoms with Crippen LogP contribution in [0, 0.1) is 5.92 Å². The van der Waals surface area contributed by atoms with Gasteiger partial charge in [-0.05, 0) is 30.9 Å². The lowest BCUT2D eigenvalue weighted by Gasteiger charge is -2.37. The predicted molar refractivity (Wildman–Crippen MR) is 90.8 cm³/mol. The van der Waals surface area contributed by atoms with Gasteiger partial charge in [-0.25, -0.2) is 0 Å². The van der Waals surface area contributed by atoms with Crippen molar-refractivity contribution in [2.45, 2.75) is 38.8 Å². The van der Waals surface area contributed by atoms with Crippen molar-refractivity contribution in [3.8, 4) is 0 Å². The molecule has 0 aromatic heterocycles. The smallest absolute Gasteiger partial charge is 0.253 e. The third-order valence-electron chi connectivity index (χ3n) is 4.57. The largest absolute Gasteiger partial charge is 0.379 e. The summed E-state index contributed by atoms with van der Waals surface area (Å²) >= 11 is 0. The van der Waals surface area contributed by atoms with Crippen molar-refractivity contribution in [2.75, 3.05) is 36.6 Å². The number of anilines is 2. The number of hydrogen-bond donors (Lipinski definition) is 1. The van der Waals surface area contributed by atoms with E-state index in [1.807, 2.05) is 29.2 Å². The number of carbonyl (C=O) groups is 1. The molecule has 1 fully saturated rings. The van der Waals surface area contributed by atoms with Crippen molar-refractivity contribution in [1.29, 1.82) is 0 Å². The standard InChI is InChI=1S/C18H26N2O3/c1-13(2)16-10-20(17-8-4-3-7-15(17)19-16)18(21)12-22-11-14-6-5-9-23-14/h3-4,7-8,13-14,16,19H,5-6,9-12H2,1-2H3/t14-,16-/m0/s1. The number of para-hydroxylation sites is 2. The molecule has 1 aromatic rings. The zero-order valence-corrected chi connectivity index (χ0v) is 14.0. The molecule has 0 radical (unpaired) electrons. The van der Waals surface area contributed by atoms with Crippen LogP contribution in [0.1, 0.15) is 26.7 Å². The maximum atomic E-state index is 12.6. The normalized spacial score (nSPS) is 23.7. The molecular weight excluding hydrogens is 292 g/mol. The van der Waals surface area contributed by atoms with Gasteiger partial charge >= 0.3 is 0 Å². The Morgan fingerprint density at radius 3 is 3.00 bits per heavy atom. The van der Waals surface area contributed by atoms with E-state index in [1.54, 1.807) is 0 Å². The van der Waals surface area contributed by atoms with Gasteiger partial charge < -0.3 is 19.7 Å². The molecule has 1 N–H and O–H groups in total. The van der Waals surface area contributed by atoms with Crippen LogP contribution in [0.5, 0.6) is 0 Å². The zero-order chi connectivity index (χ0) is 16.2. The molecule has 0 bridgehead atoms. The molecular formula is C18H26N2O3. The van der Waals surface area contributed by atoms with Crippen molar-refractivity contribution in [3.63, 3.8) is 0 Å². The van der Waals surface area contributed by atoms with E-state index in [4.69, 9.17) is 9.47 Å². The fraction of sp³-hybridized carbons (Fsp3) is 0.611. The Hall–Kier alpha value is -1.59. The van der Waals surface area contributed by atoms with Gasteiger partial charge in [0.25, 0.3) is 5.91 Å². The first-order chi connectivity index (χ1) is 11.1. The lowest BCUT2D eigenvalue weighted by molar-refractivity contribution is -0.124. The molecule has 126 valence electrons. The van der Waals surface area contributed by atoms with Gasteiger partial charge in [0.15, 0.2) is 0 Å². The molecule has 5 nitrogen and oxygen atoms in total. The Morgan fingerprint density at radius 2 is 2.26 bits per heavy atom. The van der Waals surface area contributed by atoms with Gasteiger partial charge in [-0.15, -0.1) is 0 Å². The molecule has 2 heterocycles. The van der Waals surface area contributed by atoms with Crippen LogP contribution in [0.2, 0.25) is 0 Å². The summed E-state index contributed by atoms with van der Waals surface area (Å²) in [6, 6.07) is 8.22. The number of benzene rings is 1. The molecule has 1 amide bonds. The van der Waals surface area contributed by atoms with Crippen LogP contribution in [0.25, 0.3) is 0 Å². The van der Waals surface area contributed by atoms with Crippen LogP contribution in [0.3, 0.4) is 0 Å². The van der Waals surface area contributed by atoms with Gasteiger partial charge in [0.2, 0.25) is 0 Å². The van der Waals surface area contributed by atoms with E-state index in [2.05, 4.69) is 19.2 Å². The van der Waals surface area contributed by atoms with E-state index in [-0.39, 0.29) is 24.7 Å². The van der Waals surface area contributed by atoms with E-state index in [0.29, 0.717) is 19.1 Å².